The molecule has 1 aromatic rings. The second-order valence-corrected chi connectivity index (χ2v) is 4.38. The number of nitrogens with two attached hydrogens (primary N) is 1. The van der Waals surface area contributed by atoms with E-state index in [2.05, 4.69) is 36.5 Å². The van der Waals surface area contributed by atoms with Crippen LogP contribution in [0.2, 0.25) is 0 Å². The van der Waals surface area contributed by atoms with E-state index in [0.29, 0.717) is 6.04 Å². The molecule has 76 valence electrons. The molecule has 1 aliphatic rings. The molecular weight excluding hydrogens is 172 g/mol. The molecule has 0 spiro atoms. The minimum absolute atomic E-state index is 0.100. The van der Waals surface area contributed by atoms with Gasteiger partial charge >= 0.3 is 0 Å². The maximum atomic E-state index is 6.01. The topological polar surface area (TPSA) is 38.0 Å². The van der Waals surface area contributed by atoms with Gasteiger partial charge in [-0.1, -0.05) is 30.3 Å². The van der Waals surface area contributed by atoms with Crippen molar-refractivity contribution in [3.8, 4) is 0 Å². The van der Waals surface area contributed by atoms with Gasteiger partial charge in [-0.25, -0.2) is 0 Å². The fourth-order valence-electron chi connectivity index (χ4n) is 1.55. The summed E-state index contributed by atoms with van der Waals surface area (Å²) in [5, 5.41) is 3.48. The summed E-state index contributed by atoms with van der Waals surface area (Å²) in [5.74, 6) is 0. The van der Waals surface area contributed by atoms with Crippen LogP contribution in [0, 0.1) is 0 Å². The lowest BCUT2D eigenvalue weighted by Gasteiger charge is -2.17. The van der Waals surface area contributed by atoms with Gasteiger partial charge in [0.2, 0.25) is 0 Å². The van der Waals surface area contributed by atoms with Crippen molar-refractivity contribution in [3.05, 3.63) is 35.9 Å². The summed E-state index contributed by atoms with van der Waals surface area (Å²) in [6.07, 6.45) is 2.34. The molecule has 0 radical (unpaired) electrons. The van der Waals surface area contributed by atoms with Crippen LogP contribution in [0.3, 0.4) is 0 Å². The molecule has 0 saturated heterocycles. The van der Waals surface area contributed by atoms with Crippen molar-refractivity contribution in [1.82, 2.24) is 5.32 Å². The molecular formula is C12H18N2. The predicted molar refractivity (Wildman–Crippen MR) is 59.0 cm³/mol. The zero-order valence-corrected chi connectivity index (χ0v) is 8.66. The van der Waals surface area contributed by atoms with Gasteiger partial charge < -0.3 is 11.1 Å². The smallest absolute Gasteiger partial charge is 0.0292 e. The van der Waals surface area contributed by atoms with Gasteiger partial charge in [0, 0.05) is 18.1 Å². The van der Waals surface area contributed by atoms with Crippen molar-refractivity contribution in [2.24, 2.45) is 5.73 Å². The van der Waals surface area contributed by atoms with Gasteiger partial charge in [-0.05, 0) is 25.3 Å². The third kappa shape index (κ3) is 2.34. The summed E-state index contributed by atoms with van der Waals surface area (Å²) < 4.78 is 0. The molecule has 0 bridgehead atoms. The normalized spacial score (nSPS) is 20.4. The van der Waals surface area contributed by atoms with E-state index >= 15 is 0 Å². The van der Waals surface area contributed by atoms with Gasteiger partial charge in [0.25, 0.3) is 0 Å². The maximum absolute atomic E-state index is 6.01. The Kier molecular flexibility index (Phi) is 2.57. The van der Waals surface area contributed by atoms with E-state index < -0.39 is 0 Å². The molecule has 2 heteroatoms. The summed E-state index contributed by atoms with van der Waals surface area (Å²) in [6.45, 7) is 3.12. The largest absolute Gasteiger partial charge is 0.324 e. The highest BCUT2D eigenvalue weighted by Crippen LogP contribution is 2.31. The van der Waals surface area contributed by atoms with Gasteiger partial charge in [-0.3, -0.25) is 0 Å². The second kappa shape index (κ2) is 3.71. The molecule has 1 unspecified atom stereocenters. The summed E-state index contributed by atoms with van der Waals surface area (Å²) in [5.41, 5.74) is 7.44. The van der Waals surface area contributed by atoms with Gasteiger partial charge in [-0.2, -0.15) is 0 Å². The van der Waals surface area contributed by atoms with Crippen molar-refractivity contribution < 1.29 is 0 Å². The molecule has 0 amide bonds. The number of hydrogen-bond acceptors (Lipinski definition) is 2. The van der Waals surface area contributed by atoms with Crippen molar-refractivity contribution in [2.45, 2.75) is 31.3 Å². The lowest BCUT2D eigenvalue weighted by atomic mass is 10.1. The Hall–Kier alpha value is -0.860. The van der Waals surface area contributed by atoms with E-state index in [9.17, 15) is 0 Å². The molecule has 1 saturated carbocycles. The Morgan fingerprint density at radius 3 is 2.57 bits per heavy atom. The van der Waals surface area contributed by atoms with Gasteiger partial charge in [0.15, 0.2) is 0 Å². The van der Waals surface area contributed by atoms with Crippen LogP contribution in [0.25, 0.3) is 0 Å². The molecule has 1 fully saturated rings. The highest BCUT2D eigenvalue weighted by molar-refractivity contribution is 5.18. The van der Waals surface area contributed by atoms with Crippen LogP contribution in [0.5, 0.6) is 0 Å². The van der Waals surface area contributed by atoms with Crippen LogP contribution in [0.4, 0.5) is 0 Å². The van der Waals surface area contributed by atoms with E-state index in [-0.39, 0.29) is 5.54 Å². The fraction of sp³-hybridized carbons (Fsp3) is 0.500. The van der Waals surface area contributed by atoms with Crippen LogP contribution >= 0.6 is 0 Å². The maximum Gasteiger partial charge on any atom is 0.0292 e. The molecule has 14 heavy (non-hydrogen) atoms. The first-order chi connectivity index (χ1) is 6.70. The SMILES string of the molecule is CC(NCC1(N)CC1)c1ccccc1. The second-order valence-electron chi connectivity index (χ2n) is 4.38. The Morgan fingerprint density at radius 1 is 1.36 bits per heavy atom. The first kappa shape index (κ1) is 9.69. The summed E-state index contributed by atoms with van der Waals surface area (Å²) >= 11 is 0. The highest BCUT2D eigenvalue weighted by Gasteiger charge is 2.37. The fourth-order valence-corrected chi connectivity index (χ4v) is 1.55. The van der Waals surface area contributed by atoms with Crippen LogP contribution in [0.15, 0.2) is 30.3 Å². The van der Waals surface area contributed by atoms with Crippen LogP contribution in [0.1, 0.15) is 31.4 Å². The number of benzene rings is 1. The lowest BCUT2D eigenvalue weighted by Crippen LogP contribution is -2.37. The van der Waals surface area contributed by atoms with E-state index in [1.165, 1.54) is 18.4 Å². The lowest BCUT2D eigenvalue weighted by molar-refractivity contribution is 0.508. The summed E-state index contributed by atoms with van der Waals surface area (Å²) in [7, 11) is 0. The number of hydrogen-bond donors (Lipinski definition) is 2. The third-order valence-electron chi connectivity index (χ3n) is 2.95. The van der Waals surface area contributed by atoms with Gasteiger partial charge in [0.1, 0.15) is 0 Å². The minimum atomic E-state index is 0.100. The van der Waals surface area contributed by atoms with Gasteiger partial charge in [0.05, 0.1) is 0 Å². The Morgan fingerprint density at radius 2 is 2.00 bits per heavy atom. The first-order valence-electron chi connectivity index (χ1n) is 5.27. The van der Waals surface area contributed by atoms with Gasteiger partial charge in [-0.15, -0.1) is 0 Å². The molecule has 1 aliphatic carbocycles. The molecule has 2 nitrogen and oxygen atoms in total. The average Bonchev–Trinajstić information content (AvgIpc) is 2.95. The average molecular weight is 190 g/mol. The highest BCUT2D eigenvalue weighted by atomic mass is 15.0. The molecule has 3 N–H and O–H groups in total. The predicted octanol–water partition coefficient (Wildman–Crippen LogP) is 1.83. The molecule has 0 aromatic heterocycles. The minimum Gasteiger partial charge on any atom is -0.324 e. The van der Waals surface area contributed by atoms with Crippen molar-refractivity contribution in [1.29, 1.82) is 0 Å². The Balaban J connectivity index is 1.86. The van der Waals surface area contributed by atoms with Crippen LogP contribution in [-0.2, 0) is 0 Å². The molecule has 0 aliphatic heterocycles. The molecule has 2 rings (SSSR count). The zero-order valence-electron chi connectivity index (χ0n) is 8.66. The number of nitrogens with one attached hydrogen (secondary N) is 1. The number of rotatable bonds is 4. The van der Waals surface area contributed by atoms with E-state index in [4.69, 9.17) is 5.73 Å². The van der Waals surface area contributed by atoms with E-state index in [1.54, 1.807) is 0 Å². The van der Waals surface area contributed by atoms with Crippen LogP contribution in [-0.4, -0.2) is 12.1 Å². The standard InChI is InChI=1S/C12H18N2/c1-10(11-5-3-2-4-6-11)14-9-12(13)7-8-12/h2-6,10,14H,7-9,13H2,1H3. The summed E-state index contributed by atoms with van der Waals surface area (Å²) in [6, 6.07) is 10.9. The first-order valence-corrected chi connectivity index (χ1v) is 5.27. The monoisotopic (exact) mass is 190 g/mol. The quantitative estimate of drug-likeness (QED) is 0.760. The summed E-state index contributed by atoms with van der Waals surface area (Å²) in [4.78, 5) is 0. The Bertz CT molecular complexity index is 290. The van der Waals surface area contributed by atoms with Crippen molar-refractivity contribution in [3.63, 3.8) is 0 Å². The van der Waals surface area contributed by atoms with Crippen molar-refractivity contribution >= 4 is 0 Å². The molecule has 1 aromatic carbocycles. The van der Waals surface area contributed by atoms with Crippen molar-refractivity contribution in [2.75, 3.05) is 6.54 Å². The molecule has 0 heterocycles. The third-order valence-corrected chi connectivity index (χ3v) is 2.95. The molecule has 1 atom stereocenters. The Labute approximate surface area is 85.5 Å². The van der Waals surface area contributed by atoms with E-state index in [1.807, 2.05) is 6.07 Å². The zero-order chi connectivity index (χ0) is 10.0. The van der Waals surface area contributed by atoms with E-state index in [0.717, 1.165) is 6.54 Å². The van der Waals surface area contributed by atoms with Crippen LogP contribution < -0.4 is 11.1 Å².